The second-order valence-corrected chi connectivity index (χ2v) is 4.71. The van der Waals surface area contributed by atoms with Crippen molar-refractivity contribution in [3.63, 3.8) is 0 Å². The highest BCUT2D eigenvalue weighted by Gasteiger charge is 1.99. The number of rotatable bonds is 8. The van der Waals surface area contributed by atoms with Crippen molar-refractivity contribution in [2.24, 2.45) is 4.99 Å². The Morgan fingerprint density at radius 2 is 1.80 bits per heavy atom. The number of nitrogens with zero attached hydrogens (tertiary/aromatic N) is 1. The van der Waals surface area contributed by atoms with Crippen LogP contribution in [0.15, 0.2) is 78.2 Å². The van der Waals surface area contributed by atoms with Gasteiger partial charge in [-0.2, -0.15) is 0 Å². The number of aliphatic imine (C=N–C) groups is 1. The monoisotopic (exact) mass is 270 g/mol. The summed E-state index contributed by atoms with van der Waals surface area (Å²) in [7, 11) is 0. The van der Waals surface area contributed by atoms with Gasteiger partial charge in [0.2, 0.25) is 0 Å². The van der Waals surface area contributed by atoms with Crippen LogP contribution in [0.3, 0.4) is 0 Å². The molecule has 0 radical (unpaired) electrons. The first-order chi connectivity index (χ1) is 9.42. The molecule has 0 aromatic heterocycles. The van der Waals surface area contributed by atoms with E-state index < -0.39 is 0 Å². The van der Waals surface area contributed by atoms with Gasteiger partial charge in [-0.15, -0.1) is 0 Å². The smallest absolute Gasteiger partial charge is 0.0446 e. The highest BCUT2D eigenvalue weighted by atomic mass is 14.9. The van der Waals surface area contributed by atoms with Crippen molar-refractivity contribution in [2.45, 2.75) is 33.7 Å². The summed E-state index contributed by atoms with van der Waals surface area (Å²) in [4.78, 5) is 4.50. The number of hydrogen-bond donors (Lipinski definition) is 1. The normalized spacial score (nSPS) is 13.8. The highest BCUT2D eigenvalue weighted by Crippen LogP contribution is 2.06. The van der Waals surface area contributed by atoms with Crippen LogP contribution in [0.4, 0.5) is 0 Å². The van der Waals surface area contributed by atoms with Gasteiger partial charge in [0.25, 0.3) is 0 Å². The first kappa shape index (κ1) is 17.9. The quantitative estimate of drug-likeness (QED) is 0.501. The van der Waals surface area contributed by atoms with Crippen molar-refractivity contribution < 1.29 is 0 Å². The second kappa shape index (κ2) is 9.79. The van der Waals surface area contributed by atoms with Crippen LogP contribution in [0, 0.1) is 0 Å². The molecule has 108 valence electrons. The summed E-state index contributed by atoms with van der Waals surface area (Å²) in [6.45, 7) is 19.5. The van der Waals surface area contributed by atoms with Crippen LogP contribution in [0.25, 0.3) is 0 Å². The molecule has 0 amide bonds. The van der Waals surface area contributed by atoms with Gasteiger partial charge in [-0.05, 0) is 33.3 Å². The Morgan fingerprint density at radius 3 is 2.30 bits per heavy atom. The van der Waals surface area contributed by atoms with E-state index in [0.717, 1.165) is 22.6 Å². The molecule has 0 aliphatic heterocycles. The van der Waals surface area contributed by atoms with Gasteiger partial charge in [0.1, 0.15) is 0 Å². The third-order valence-electron chi connectivity index (χ3n) is 2.56. The standard InChI is InChI=1S/C18H26N2/c1-8-10-11-12-15(5)16(6)19-13-18(9-2)17(7)20-14(3)4/h8-14,19H,1-2,6H2,3-5,7H3/b11-10-,15-12+,18-13?,20-17?. The molecule has 0 fully saturated rings. The first-order valence-electron chi connectivity index (χ1n) is 6.71. The number of nitrogens with one attached hydrogen (secondary N) is 1. The van der Waals surface area contributed by atoms with Gasteiger partial charge in [0.15, 0.2) is 0 Å². The van der Waals surface area contributed by atoms with E-state index in [1.165, 1.54) is 0 Å². The van der Waals surface area contributed by atoms with E-state index in [1.807, 2.05) is 38.3 Å². The molecule has 20 heavy (non-hydrogen) atoms. The van der Waals surface area contributed by atoms with Crippen molar-refractivity contribution in [1.82, 2.24) is 5.32 Å². The van der Waals surface area contributed by atoms with E-state index in [0.29, 0.717) is 0 Å². The molecule has 0 saturated carbocycles. The van der Waals surface area contributed by atoms with Gasteiger partial charge < -0.3 is 5.32 Å². The molecule has 0 heterocycles. The van der Waals surface area contributed by atoms with E-state index in [4.69, 9.17) is 0 Å². The minimum absolute atomic E-state index is 0.271. The van der Waals surface area contributed by atoms with Gasteiger partial charge in [0.05, 0.1) is 0 Å². The zero-order valence-electron chi connectivity index (χ0n) is 13.1. The molecule has 0 spiro atoms. The highest BCUT2D eigenvalue weighted by molar-refractivity contribution is 6.00. The van der Waals surface area contributed by atoms with Crippen LogP contribution in [0.1, 0.15) is 27.7 Å². The Hall–Kier alpha value is -2.09. The predicted molar refractivity (Wildman–Crippen MR) is 91.9 cm³/mol. The molecule has 0 atom stereocenters. The zero-order chi connectivity index (χ0) is 15.5. The van der Waals surface area contributed by atoms with E-state index >= 15 is 0 Å². The molecular formula is C18H26N2. The molecule has 1 N–H and O–H groups in total. The van der Waals surface area contributed by atoms with E-state index in [2.05, 4.69) is 43.9 Å². The molecular weight excluding hydrogens is 244 g/mol. The zero-order valence-corrected chi connectivity index (χ0v) is 13.1. The van der Waals surface area contributed by atoms with Crippen LogP contribution in [0.2, 0.25) is 0 Å². The lowest BCUT2D eigenvalue weighted by atomic mass is 10.1. The molecule has 0 aliphatic carbocycles. The van der Waals surface area contributed by atoms with Crippen LogP contribution >= 0.6 is 0 Å². The van der Waals surface area contributed by atoms with Gasteiger partial charge in [-0.25, -0.2) is 0 Å². The van der Waals surface area contributed by atoms with Crippen LogP contribution < -0.4 is 5.32 Å². The molecule has 2 heteroatoms. The van der Waals surface area contributed by atoms with Gasteiger partial charge in [0, 0.05) is 29.2 Å². The van der Waals surface area contributed by atoms with Crippen molar-refractivity contribution >= 4 is 5.71 Å². The molecule has 2 nitrogen and oxygen atoms in total. The fourth-order valence-electron chi connectivity index (χ4n) is 1.43. The van der Waals surface area contributed by atoms with E-state index in [1.54, 1.807) is 12.2 Å². The summed E-state index contributed by atoms with van der Waals surface area (Å²) in [6.07, 6.45) is 11.2. The maximum atomic E-state index is 4.50. The third kappa shape index (κ3) is 7.37. The lowest BCUT2D eigenvalue weighted by molar-refractivity contribution is 0.835. The number of hydrogen-bond acceptors (Lipinski definition) is 2. The molecule has 0 aromatic carbocycles. The van der Waals surface area contributed by atoms with Crippen molar-refractivity contribution in [3.8, 4) is 0 Å². The molecule has 0 bridgehead atoms. The summed E-state index contributed by atoms with van der Waals surface area (Å²) in [5, 5.41) is 3.18. The van der Waals surface area contributed by atoms with Crippen molar-refractivity contribution in [1.29, 1.82) is 0 Å². The minimum atomic E-state index is 0.271. The summed E-state index contributed by atoms with van der Waals surface area (Å²) < 4.78 is 0. The fraction of sp³-hybridized carbons (Fsp3) is 0.278. The summed E-state index contributed by atoms with van der Waals surface area (Å²) >= 11 is 0. The largest absolute Gasteiger partial charge is 0.361 e. The Kier molecular flexibility index (Phi) is 8.77. The molecule has 0 aromatic rings. The molecule has 0 aliphatic rings. The Balaban J connectivity index is 4.86. The minimum Gasteiger partial charge on any atom is -0.361 e. The maximum absolute atomic E-state index is 4.50. The Morgan fingerprint density at radius 1 is 1.15 bits per heavy atom. The lowest BCUT2D eigenvalue weighted by Gasteiger charge is -2.08. The summed E-state index contributed by atoms with van der Waals surface area (Å²) in [6, 6.07) is 0.271. The third-order valence-corrected chi connectivity index (χ3v) is 2.56. The number of allylic oxidation sites excluding steroid dienone is 7. The van der Waals surface area contributed by atoms with Gasteiger partial charge in [-0.3, -0.25) is 4.99 Å². The molecule has 0 unspecified atom stereocenters. The molecule has 0 saturated heterocycles. The SMILES string of the molecule is C=C/C=C\C=C(/C)C(=C)NC=C(C=C)C(C)=NC(C)C. The van der Waals surface area contributed by atoms with Gasteiger partial charge >= 0.3 is 0 Å². The predicted octanol–water partition coefficient (Wildman–Crippen LogP) is 4.72. The average molecular weight is 270 g/mol. The average Bonchev–Trinajstić information content (AvgIpc) is 2.38. The molecule has 0 rings (SSSR count). The summed E-state index contributed by atoms with van der Waals surface area (Å²) in [5.74, 6) is 0. The van der Waals surface area contributed by atoms with Crippen LogP contribution in [0.5, 0.6) is 0 Å². The van der Waals surface area contributed by atoms with Crippen molar-refractivity contribution in [3.05, 3.63) is 73.2 Å². The van der Waals surface area contributed by atoms with E-state index in [-0.39, 0.29) is 6.04 Å². The van der Waals surface area contributed by atoms with E-state index in [9.17, 15) is 0 Å². The first-order valence-corrected chi connectivity index (χ1v) is 6.71. The van der Waals surface area contributed by atoms with Crippen LogP contribution in [-0.2, 0) is 0 Å². The summed E-state index contributed by atoms with van der Waals surface area (Å²) in [5.41, 5.74) is 3.83. The second-order valence-electron chi connectivity index (χ2n) is 4.71. The van der Waals surface area contributed by atoms with Crippen molar-refractivity contribution in [2.75, 3.05) is 0 Å². The maximum Gasteiger partial charge on any atom is 0.0446 e. The van der Waals surface area contributed by atoms with Gasteiger partial charge in [-0.1, -0.05) is 50.1 Å². The fourth-order valence-corrected chi connectivity index (χ4v) is 1.43. The van der Waals surface area contributed by atoms with Crippen LogP contribution in [-0.4, -0.2) is 11.8 Å². The topological polar surface area (TPSA) is 24.4 Å². The Bertz CT molecular complexity index is 472. The lowest BCUT2D eigenvalue weighted by Crippen LogP contribution is -2.09. The Labute approximate surface area is 123 Å².